The van der Waals surface area contributed by atoms with Crippen molar-refractivity contribution in [3.05, 3.63) is 46.5 Å². The van der Waals surface area contributed by atoms with Crippen LogP contribution >= 0.6 is 0 Å². The van der Waals surface area contributed by atoms with Crippen LogP contribution < -0.4 is 19.7 Å². The van der Waals surface area contributed by atoms with Crippen molar-refractivity contribution < 1.29 is 39.2 Å². The summed E-state index contributed by atoms with van der Waals surface area (Å²) in [6.45, 7) is 9.87. The second-order valence-corrected chi connectivity index (χ2v) is 8.87. The third-order valence-electron chi connectivity index (χ3n) is 5.88. The highest BCUT2D eigenvalue weighted by Gasteiger charge is 2.24. The van der Waals surface area contributed by atoms with Crippen LogP contribution in [0.3, 0.4) is 0 Å². The first kappa shape index (κ1) is 28.3. The maximum absolute atomic E-state index is 11.4. The van der Waals surface area contributed by atoms with E-state index in [0.29, 0.717) is 22.9 Å². The molecule has 10 heteroatoms. The lowest BCUT2D eigenvalue weighted by molar-refractivity contribution is -0.137. The van der Waals surface area contributed by atoms with Gasteiger partial charge in [0, 0.05) is 0 Å². The molecule has 0 aliphatic carbocycles. The van der Waals surface area contributed by atoms with E-state index in [2.05, 4.69) is 5.32 Å². The molecule has 0 aliphatic rings. The summed E-state index contributed by atoms with van der Waals surface area (Å²) in [5.41, 5.74) is 4.61. The van der Waals surface area contributed by atoms with Gasteiger partial charge in [0.2, 0.25) is 0 Å². The third-order valence-corrected chi connectivity index (χ3v) is 5.88. The maximum Gasteiger partial charge on any atom is 0.323 e. The standard InChI is InChI=1S/C26H34N2O8/c1-14-7-20(27-11-24(29)30)22(9-16(14)3)35-18(5)19(6)36-23-10-17(4)15(2)8-21(23)28(12-25(31)32)13-26(33)34/h7-10,18-19,27H,11-13H2,1-6H3,(H,29,30)(H,31,32)(H,33,34). The molecule has 36 heavy (non-hydrogen) atoms. The molecule has 10 nitrogen and oxygen atoms in total. The Morgan fingerprint density at radius 3 is 1.69 bits per heavy atom. The summed E-state index contributed by atoms with van der Waals surface area (Å²) in [7, 11) is 0. The first-order chi connectivity index (χ1) is 16.8. The zero-order chi connectivity index (χ0) is 27.2. The van der Waals surface area contributed by atoms with Crippen LogP contribution in [-0.4, -0.2) is 65.1 Å². The number of aryl methyl sites for hydroxylation is 4. The van der Waals surface area contributed by atoms with Gasteiger partial charge in [-0.2, -0.15) is 0 Å². The number of ether oxygens (including phenoxy) is 2. The van der Waals surface area contributed by atoms with Gasteiger partial charge in [0.15, 0.2) is 0 Å². The van der Waals surface area contributed by atoms with Crippen molar-refractivity contribution >= 4 is 29.3 Å². The van der Waals surface area contributed by atoms with Crippen LogP contribution in [0.2, 0.25) is 0 Å². The minimum Gasteiger partial charge on any atom is -0.485 e. The van der Waals surface area contributed by atoms with Gasteiger partial charge in [0.1, 0.15) is 43.3 Å². The minimum atomic E-state index is -1.17. The van der Waals surface area contributed by atoms with Crippen LogP contribution in [0, 0.1) is 27.7 Å². The van der Waals surface area contributed by atoms with E-state index in [1.807, 2.05) is 39.8 Å². The summed E-state index contributed by atoms with van der Waals surface area (Å²) in [6, 6.07) is 7.11. The van der Waals surface area contributed by atoms with E-state index in [-0.39, 0.29) is 6.54 Å². The number of hydrogen-bond acceptors (Lipinski definition) is 7. The van der Waals surface area contributed by atoms with Gasteiger partial charge in [-0.15, -0.1) is 0 Å². The first-order valence-corrected chi connectivity index (χ1v) is 11.5. The number of aliphatic carboxylic acids is 3. The van der Waals surface area contributed by atoms with E-state index in [9.17, 15) is 24.6 Å². The molecule has 2 atom stereocenters. The van der Waals surface area contributed by atoms with Crippen molar-refractivity contribution in [1.82, 2.24) is 0 Å². The Bertz CT molecular complexity index is 1120. The van der Waals surface area contributed by atoms with Crippen molar-refractivity contribution in [2.45, 2.75) is 53.8 Å². The predicted octanol–water partition coefficient (Wildman–Crippen LogP) is 3.63. The fraction of sp³-hybridized carbons (Fsp3) is 0.423. The smallest absolute Gasteiger partial charge is 0.323 e. The van der Waals surface area contributed by atoms with Gasteiger partial charge in [0.05, 0.1) is 11.4 Å². The van der Waals surface area contributed by atoms with Gasteiger partial charge < -0.3 is 35.0 Å². The summed E-state index contributed by atoms with van der Waals surface area (Å²) < 4.78 is 12.3. The number of nitrogens with zero attached hydrogens (tertiary/aromatic N) is 1. The van der Waals surface area contributed by atoms with E-state index < -0.39 is 43.2 Å². The fourth-order valence-corrected chi connectivity index (χ4v) is 3.46. The summed E-state index contributed by atoms with van der Waals surface area (Å²) in [4.78, 5) is 35.1. The van der Waals surface area contributed by atoms with Gasteiger partial charge in [-0.05, 0) is 88.1 Å². The molecule has 0 fully saturated rings. The van der Waals surface area contributed by atoms with Crippen molar-refractivity contribution in [3.8, 4) is 11.5 Å². The molecular weight excluding hydrogens is 468 g/mol. The molecule has 0 saturated heterocycles. The molecule has 0 saturated carbocycles. The fourth-order valence-electron chi connectivity index (χ4n) is 3.46. The van der Waals surface area contributed by atoms with Crippen molar-refractivity contribution in [3.63, 3.8) is 0 Å². The lowest BCUT2D eigenvalue weighted by Gasteiger charge is -2.29. The highest BCUT2D eigenvalue weighted by molar-refractivity contribution is 5.81. The molecule has 0 bridgehead atoms. The highest BCUT2D eigenvalue weighted by Crippen LogP contribution is 2.34. The quantitative estimate of drug-likeness (QED) is 0.320. The average molecular weight is 503 g/mol. The van der Waals surface area contributed by atoms with E-state index >= 15 is 0 Å². The van der Waals surface area contributed by atoms with Crippen LogP contribution in [0.15, 0.2) is 24.3 Å². The zero-order valence-corrected chi connectivity index (χ0v) is 21.4. The number of nitrogens with one attached hydrogen (secondary N) is 1. The molecule has 0 amide bonds. The third kappa shape index (κ3) is 7.79. The second-order valence-electron chi connectivity index (χ2n) is 8.87. The summed E-state index contributed by atoms with van der Waals surface area (Å²) >= 11 is 0. The molecule has 0 heterocycles. The van der Waals surface area contributed by atoms with E-state index in [1.54, 1.807) is 26.0 Å². The van der Waals surface area contributed by atoms with Gasteiger partial charge in [-0.3, -0.25) is 14.4 Å². The zero-order valence-electron chi connectivity index (χ0n) is 21.4. The first-order valence-electron chi connectivity index (χ1n) is 11.5. The molecular formula is C26H34N2O8. The monoisotopic (exact) mass is 502 g/mol. The van der Waals surface area contributed by atoms with Crippen molar-refractivity contribution in [2.24, 2.45) is 0 Å². The summed E-state index contributed by atoms with van der Waals surface area (Å²) in [5, 5.41) is 30.5. The maximum atomic E-state index is 11.4. The Morgan fingerprint density at radius 1 is 0.750 bits per heavy atom. The molecule has 2 aromatic carbocycles. The van der Waals surface area contributed by atoms with Gasteiger partial charge in [-0.1, -0.05) is 0 Å². The number of carboxylic acid groups (broad SMARTS) is 3. The highest BCUT2D eigenvalue weighted by atomic mass is 16.5. The molecule has 4 N–H and O–H groups in total. The number of rotatable bonds is 13. The molecule has 0 spiro atoms. The van der Waals surface area contributed by atoms with E-state index in [0.717, 1.165) is 22.3 Å². The Balaban J connectivity index is 2.34. The second kappa shape index (κ2) is 12.1. The van der Waals surface area contributed by atoms with Crippen LogP contribution in [0.1, 0.15) is 36.1 Å². The van der Waals surface area contributed by atoms with Gasteiger partial charge in [-0.25, -0.2) is 0 Å². The minimum absolute atomic E-state index is 0.270. The number of carboxylic acids is 3. The van der Waals surface area contributed by atoms with E-state index in [1.165, 1.54) is 4.90 Å². The lowest BCUT2D eigenvalue weighted by Crippen LogP contribution is -2.36. The molecule has 0 aliphatic heterocycles. The molecule has 196 valence electrons. The lowest BCUT2D eigenvalue weighted by atomic mass is 10.1. The molecule has 2 rings (SSSR count). The van der Waals surface area contributed by atoms with Crippen LogP contribution in [0.25, 0.3) is 0 Å². The Labute approximate surface area is 210 Å². The van der Waals surface area contributed by atoms with Crippen molar-refractivity contribution in [2.75, 3.05) is 29.9 Å². The summed E-state index contributed by atoms with van der Waals surface area (Å²) in [5.74, 6) is -2.52. The Kier molecular flexibility index (Phi) is 9.54. The van der Waals surface area contributed by atoms with Gasteiger partial charge in [0.25, 0.3) is 0 Å². The van der Waals surface area contributed by atoms with Crippen molar-refractivity contribution in [1.29, 1.82) is 0 Å². The van der Waals surface area contributed by atoms with E-state index in [4.69, 9.17) is 14.6 Å². The number of carbonyl (C=O) groups is 3. The van der Waals surface area contributed by atoms with Gasteiger partial charge >= 0.3 is 17.9 Å². The van der Waals surface area contributed by atoms with Crippen LogP contribution in [0.5, 0.6) is 11.5 Å². The number of hydrogen-bond donors (Lipinski definition) is 4. The number of anilines is 2. The van der Waals surface area contributed by atoms with Crippen LogP contribution in [-0.2, 0) is 14.4 Å². The van der Waals surface area contributed by atoms with Crippen LogP contribution in [0.4, 0.5) is 11.4 Å². The normalized spacial score (nSPS) is 12.4. The Morgan fingerprint density at radius 2 is 1.19 bits per heavy atom. The Hall–Kier alpha value is -3.95. The largest absolute Gasteiger partial charge is 0.485 e. The molecule has 0 aromatic heterocycles. The summed E-state index contributed by atoms with van der Waals surface area (Å²) in [6.07, 6.45) is -1.03. The topological polar surface area (TPSA) is 146 Å². The number of benzene rings is 2. The average Bonchev–Trinajstić information content (AvgIpc) is 2.76. The molecule has 2 unspecified atom stereocenters. The predicted molar refractivity (Wildman–Crippen MR) is 136 cm³/mol. The molecule has 2 aromatic rings. The molecule has 0 radical (unpaired) electrons. The SMILES string of the molecule is Cc1cc(NCC(=O)O)c(OC(C)C(C)Oc2cc(C)c(C)cc2N(CC(=O)O)CC(=O)O)cc1C.